The first-order valence-electron chi connectivity index (χ1n) is 4.88. The minimum atomic E-state index is -3.81. The largest absolute Gasteiger partial charge is 0.476 e. The Bertz CT molecular complexity index is 616. The third-order valence-corrected chi connectivity index (χ3v) is 3.86. The molecule has 2 rings (SSSR count). The number of halogens is 3. The van der Waals surface area contributed by atoms with Gasteiger partial charge in [-0.2, -0.15) is 8.78 Å². The summed E-state index contributed by atoms with van der Waals surface area (Å²) in [5.74, 6) is -2.13. The lowest BCUT2D eigenvalue weighted by molar-refractivity contribution is -0.152. The molecule has 2 aromatic carbocycles. The number of rotatable bonds is 3. The maximum Gasteiger partial charge on any atom is 0.393 e. The summed E-state index contributed by atoms with van der Waals surface area (Å²) in [4.78, 5) is 10.6. The van der Waals surface area contributed by atoms with Crippen molar-refractivity contribution in [3.8, 4) is 0 Å². The van der Waals surface area contributed by atoms with Gasteiger partial charge >= 0.3 is 11.2 Å². The maximum absolute atomic E-state index is 13.1. The number of carbonyl (C=O) groups is 1. The number of thioether (sulfide) groups is 1. The molecule has 2 nitrogen and oxygen atoms in total. The van der Waals surface area contributed by atoms with Crippen molar-refractivity contribution in [1.82, 2.24) is 0 Å². The molecule has 6 heteroatoms. The van der Waals surface area contributed by atoms with Crippen LogP contribution in [0.5, 0.6) is 0 Å². The van der Waals surface area contributed by atoms with Gasteiger partial charge in [-0.25, -0.2) is 4.79 Å². The third kappa shape index (κ3) is 2.92. The molecule has 0 aliphatic carbocycles. The number of hydrogen-bond acceptors (Lipinski definition) is 2. The molecule has 2 aromatic rings. The smallest absolute Gasteiger partial charge is 0.393 e. The summed E-state index contributed by atoms with van der Waals surface area (Å²) in [6.07, 6.45) is 0. The first-order valence-corrected chi connectivity index (χ1v) is 6.77. The fraction of sp³-hybridized carbons (Fsp3) is 0.0833. The van der Waals surface area contributed by atoms with E-state index in [1.807, 2.05) is 18.2 Å². The van der Waals surface area contributed by atoms with Crippen molar-refractivity contribution in [1.29, 1.82) is 0 Å². The van der Waals surface area contributed by atoms with Crippen molar-refractivity contribution in [3.63, 3.8) is 0 Å². The number of fused-ring (bicyclic) bond motifs is 1. The molecular formula is C12H7F2IO2S. The number of alkyl halides is 2. The van der Waals surface area contributed by atoms with E-state index in [0.29, 0.717) is 0 Å². The number of carboxylic acid groups (broad SMARTS) is 1. The van der Waals surface area contributed by atoms with E-state index in [2.05, 4.69) is 22.6 Å². The minimum absolute atomic E-state index is 0.0383. The number of aliphatic carboxylic acids is 1. The van der Waals surface area contributed by atoms with Crippen LogP contribution in [0.15, 0.2) is 41.3 Å². The van der Waals surface area contributed by atoms with E-state index in [4.69, 9.17) is 5.11 Å². The SMILES string of the molecule is O=C(O)C(F)(F)Sc1ccc2cc(I)ccc2c1. The number of carboxylic acids is 1. The van der Waals surface area contributed by atoms with Gasteiger partial charge in [0.05, 0.1) is 0 Å². The van der Waals surface area contributed by atoms with Gasteiger partial charge in [-0.15, -0.1) is 0 Å². The standard InChI is InChI=1S/C12H7F2IO2S/c13-12(14,11(16)17)18-10-4-2-7-5-9(15)3-1-8(7)6-10/h1-6H,(H,16,17). The highest BCUT2D eigenvalue weighted by atomic mass is 127. The van der Waals surface area contributed by atoms with Crippen LogP contribution in [0.2, 0.25) is 0 Å². The normalized spacial score (nSPS) is 11.7. The maximum atomic E-state index is 13.1. The van der Waals surface area contributed by atoms with E-state index in [1.165, 1.54) is 6.07 Å². The Morgan fingerprint density at radius 3 is 2.44 bits per heavy atom. The lowest BCUT2D eigenvalue weighted by atomic mass is 10.1. The van der Waals surface area contributed by atoms with E-state index < -0.39 is 11.2 Å². The first-order chi connectivity index (χ1) is 8.38. The average molecular weight is 380 g/mol. The zero-order valence-electron chi connectivity index (χ0n) is 8.86. The molecule has 0 bridgehead atoms. The van der Waals surface area contributed by atoms with Crippen molar-refractivity contribution in [3.05, 3.63) is 40.0 Å². The highest BCUT2D eigenvalue weighted by molar-refractivity contribution is 14.1. The molecule has 18 heavy (non-hydrogen) atoms. The van der Waals surface area contributed by atoms with Crippen LogP contribution in [0, 0.1) is 3.57 Å². The predicted octanol–water partition coefficient (Wildman–Crippen LogP) is 4.21. The number of hydrogen-bond donors (Lipinski definition) is 1. The van der Waals surface area contributed by atoms with E-state index in [9.17, 15) is 13.6 Å². The summed E-state index contributed by atoms with van der Waals surface area (Å²) in [6.45, 7) is 0. The zero-order chi connectivity index (χ0) is 13.3. The topological polar surface area (TPSA) is 37.3 Å². The quantitative estimate of drug-likeness (QED) is 0.640. The Morgan fingerprint density at radius 2 is 1.78 bits per heavy atom. The molecule has 1 N–H and O–H groups in total. The van der Waals surface area contributed by atoms with Gasteiger partial charge in [-0.05, 0) is 69.4 Å². The van der Waals surface area contributed by atoms with Gasteiger partial charge in [0, 0.05) is 8.47 Å². The van der Waals surface area contributed by atoms with Crippen molar-refractivity contribution in [2.45, 2.75) is 10.2 Å². The van der Waals surface area contributed by atoms with Crippen LogP contribution >= 0.6 is 34.4 Å². The molecule has 94 valence electrons. The van der Waals surface area contributed by atoms with Gasteiger partial charge in [0.15, 0.2) is 0 Å². The van der Waals surface area contributed by atoms with Crippen molar-refractivity contribution in [2.24, 2.45) is 0 Å². The summed E-state index contributed by atoms with van der Waals surface area (Å²) >= 11 is 2.20. The van der Waals surface area contributed by atoms with Gasteiger partial charge in [0.2, 0.25) is 0 Å². The Kier molecular flexibility index (Phi) is 3.76. The minimum Gasteiger partial charge on any atom is -0.476 e. The summed E-state index contributed by atoms with van der Waals surface area (Å²) < 4.78 is 27.2. The second-order valence-electron chi connectivity index (χ2n) is 3.58. The van der Waals surface area contributed by atoms with Crippen molar-refractivity contribution < 1.29 is 18.7 Å². The van der Waals surface area contributed by atoms with Crippen LogP contribution in [0.4, 0.5) is 8.78 Å². The monoisotopic (exact) mass is 380 g/mol. The molecule has 0 unspecified atom stereocenters. The van der Waals surface area contributed by atoms with Gasteiger partial charge < -0.3 is 5.11 Å². The van der Waals surface area contributed by atoms with Crippen LogP contribution < -0.4 is 0 Å². The molecule has 0 atom stereocenters. The highest BCUT2D eigenvalue weighted by Gasteiger charge is 2.40. The third-order valence-electron chi connectivity index (χ3n) is 2.27. The predicted molar refractivity (Wildman–Crippen MR) is 75.1 cm³/mol. The zero-order valence-corrected chi connectivity index (χ0v) is 11.8. The molecule has 0 aliphatic heterocycles. The van der Waals surface area contributed by atoms with Gasteiger partial charge in [-0.1, -0.05) is 12.1 Å². The molecule has 0 spiro atoms. The van der Waals surface area contributed by atoms with E-state index in [-0.39, 0.29) is 16.7 Å². The molecule has 0 radical (unpaired) electrons. The summed E-state index contributed by atoms with van der Waals surface area (Å²) in [5.41, 5.74) is 0. The fourth-order valence-corrected chi connectivity index (χ4v) is 2.67. The molecule has 0 amide bonds. The second-order valence-corrected chi connectivity index (χ2v) is 6.01. The first kappa shape index (κ1) is 13.5. The van der Waals surface area contributed by atoms with E-state index in [0.717, 1.165) is 14.3 Å². The van der Waals surface area contributed by atoms with Gasteiger partial charge in [0.1, 0.15) is 0 Å². The number of benzene rings is 2. The van der Waals surface area contributed by atoms with Crippen molar-refractivity contribution >= 4 is 51.1 Å². The lowest BCUT2D eigenvalue weighted by Crippen LogP contribution is -2.23. The van der Waals surface area contributed by atoms with Crippen LogP contribution in [0.1, 0.15) is 0 Å². The highest BCUT2D eigenvalue weighted by Crippen LogP contribution is 2.37. The van der Waals surface area contributed by atoms with E-state index in [1.54, 1.807) is 12.1 Å². The molecule has 0 aliphatic rings. The average Bonchev–Trinajstić information content (AvgIpc) is 2.28. The fourth-order valence-electron chi connectivity index (χ4n) is 1.45. The van der Waals surface area contributed by atoms with Crippen molar-refractivity contribution in [2.75, 3.05) is 0 Å². The molecule has 0 saturated heterocycles. The molecular weight excluding hydrogens is 373 g/mol. The summed E-state index contributed by atoms with van der Waals surface area (Å²) in [5, 5.41) is 6.31. The lowest BCUT2D eigenvalue weighted by Gasteiger charge is -2.10. The molecule has 0 saturated carbocycles. The van der Waals surface area contributed by atoms with Crippen LogP contribution in [0.25, 0.3) is 10.8 Å². The van der Waals surface area contributed by atoms with Gasteiger partial charge in [0.25, 0.3) is 0 Å². The van der Waals surface area contributed by atoms with Crippen LogP contribution in [-0.4, -0.2) is 16.3 Å². The van der Waals surface area contributed by atoms with Crippen LogP contribution in [-0.2, 0) is 4.79 Å². The van der Waals surface area contributed by atoms with E-state index >= 15 is 0 Å². The summed E-state index contributed by atoms with van der Waals surface area (Å²) in [7, 11) is 0. The summed E-state index contributed by atoms with van der Waals surface area (Å²) in [6, 6.07) is 10.4. The van der Waals surface area contributed by atoms with Crippen LogP contribution in [0.3, 0.4) is 0 Å². The Labute approximate surface area is 120 Å². The van der Waals surface area contributed by atoms with Gasteiger partial charge in [-0.3, -0.25) is 0 Å². The Balaban J connectivity index is 2.36. The molecule has 0 aromatic heterocycles. The Morgan fingerprint density at radius 1 is 1.17 bits per heavy atom. The molecule has 0 heterocycles. The molecule has 0 fully saturated rings. The Hall–Kier alpha value is -0.890. The second kappa shape index (κ2) is 5.00.